The van der Waals surface area contributed by atoms with Crippen LogP contribution < -0.4 is 5.32 Å². The standard InChI is InChI=1S/C12H15N3S/c1-13-8-12(4-5-12)11-15-10(7-16-11)9-3-2-6-14-9/h2-3,6-7,13-14H,4-5,8H2,1H3. The highest BCUT2D eigenvalue weighted by molar-refractivity contribution is 7.10. The number of H-pyrrole nitrogens is 1. The third-order valence-corrected chi connectivity index (χ3v) is 4.29. The minimum atomic E-state index is 0.338. The topological polar surface area (TPSA) is 40.7 Å². The molecule has 3 rings (SSSR count). The molecule has 0 aromatic carbocycles. The van der Waals surface area contributed by atoms with Gasteiger partial charge in [-0.15, -0.1) is 11.3 Å². The molecule has 1 aliphatic carbocycles. The van der Waals surface area contributed by atoms with E-state index in [0.29, 0.717) is 5.41 Å². The number of hydrogen-bond donors (Lipinski definition) is 2. The average molecular weight is 233 g/mol. The summed E-state index contributed by atoms with van der Waals surface area (Å²) >= 11 is 1.79. The van der Waals surface area contributed by atoms with Crippen molar-refractivity contribution in [3.05, 3.63) is 28.7 Å². The van der Waals surface area contributed by atoms with Crippen molar-refractivity contribution in [3.8, 4) is 11.4 Å². The van der Waals surface area contributed by atoms with Crippen molar-refractivity contribution in [1.29, 1.82) is 0 Å². The lowest BCUT2D eigenvalue weighted by Crippen LogP contribution is -2.23. The molecule has 1 saturated carbocycles. The molecule has 0 atom stereocenters. The smallest absolute Gasteiger partial charge is 0.101 e. The number of aromatic amines is 1. The van der Waals surface area contributed by atoms with Gasteiger partial charge in [-0.2, -0.15) is 0 Å². The molecule has 0 unspecified atom stereocenters. The summed E-state index contributed by atoms with van der Waals surface area (Å²) in [6.07, 6.45) is 4.48. The highest BCUT2D eigenvalue weighted by Gasteiger charge is 2.46. The largest absolute Gasteiger partial charge is 0.360 e. The zero-order valence-corrected chi connectivity index (χ0v) is 10.1. The Hall–Kier alpha value is -1.13. The van der Waals surface area contributed by atoms with Gasteiger partial charge in [0.1, 0.15) is 5.01 Å². The fourth-order valence-corrected chi connectivity index (χ4v) is 3.17. The molecule has 4 heteroatoms. The maximum absolute atomic E-state index is 4.75. The number of likely N-dealkylation sites (N-methyl/N-ethyl adjacent to an activating group) is 1. The van der Waals surface area contributed by atoms with Crippen molar-refractivity contribution in [2.45, 2.75) is 18.3 Å². The van der Waals surface area contributed by atoms with Gasteiger partial charge in [-0.25, -0.2) is 4.98 Å². The molecule has 2 aromatic rings. The van der Waals surface area contributed by atoms with Crippen LogP contribution in [0.1, 0.15) is 17.8 Å². The molecule has 0 aliphatic heterocycles. The Morgan fingerprint density at radius 3 is 3.06 bits per heavy atom. The predicted molar refractivity (Wildman–Crippen MR) is 66.7 cm³/mol. The van der Waals surface area contributed by atoms with E-state index >= 15 is 0 Å². The second kappa shape index (κ2) is 3.71. The van der Waals surface area contributed by atoms with Gasteiger partial charge in [0.25, 0.3) is 0 Å². The molecule has 84 valence electrons. The average Bonchev–Trinajstić information content (AvgIpc) is 2.76. The van der Waals surface area contributed by atoms with Crippen LogP contribution in [0.25, 0.3) is 11.4 Å². The van der Waals surface area contributed by atoms with Crippen LogP contribution in [0.15, 0.2) is 23.7 Å². The first-order valence-electron chi connectivity index (χ1n) is 5.58. The highest BCUT2D eigenvalue weighted by atomic mass is 32.1. The molecular weight excluding hydrogens is 218 g/mol. The molecule has 3 nitrogen and oxygen atoms in total. The Kier molecular flexibility index (Phi) is 2.33. The van der Waals surface area contributed by atoms with Gasteiger partial charge in [0, 0.05) is 23.5 Å². The lowest BCUT2D eigenvalue weighted by Gasteiger charge is -2.09. The van der Waals surface area contributed by atoms with E-state index in [9.17, 15) is 0 Å². The van der Waals surface area contributed by atoms with Gasteiger partial charge in [0.15, 0.2) is 0 Å². The van der Waals surface area contributed by atoms with Crippen LogP contribution in [-0.4, -0.2) is 23.6 Å². The van der Waals surface area contributed by atoms with Crippen molar-refractivity contribution < 1.29 is 0 Å². The SMILES string of the molecule is CNCC1(c2nc(-c3ccc[nH]3)cs2)CC1. The molecule has 2 aromatic heterocycles. The van der Waals surface area contributed by atoms with Crippen molar-refractivity contribution in [2.24, 2.45) is 0 Å². The lowest BCUT2D eigenvalue weighted by molar-refractivity contribution is 0.621. The maximum atomic E-state index is 4.75. The van der Waals surface area contributed by atoms with Crippen LogP contribution >= 0.6 is 11.3 Å². The second-order valence-electron chi connectivity index (χ2n) is 4.43. The molecule has 0 amide bonds. The van der Waals surface area contributed by atoms with Crippen LogP contribution in [0.4, 0.5) is 0 Å². The van der Waals surface area contributed by atoms with Crippen LogP contribution in [0.5, 0.6) is 0 Å². The number of nitrogens with one attached hydrogen (secondary N) is 2. The summed E-state index contributed by atoms with van der Waals surface area (Å²) in [5.41, 5.74) is 2.53. The van der Waals surface area contributed by atoms with Crippen LogP contribution in [0.2, 0.25) is 0 Å². The summed E-state index contributed by atoms with van der Waals surface area (Å²) in [4.78, 5) is 7.95. The first-order valence-corrected chi connectivity index (χ1v) is 6.46. The number of hydrogen-bond acceptors (Lipinski definition) is 3. The van der Waals surface area contributed by atoms with Crippen molar-refractivity contribution >= 4 is 11.3 Å². The van der Waals surface area contributed by atoms with Crippen LogP contribution in [0.3, 0.4) is 0 Å². The van der Waals surface area contributed by atoms with Gasteiger partial charge < -0.3 is 10.3 Å². The first-order chi connectivity index (χ1) is 7.84. The van der Waals surface area contributed by atoms with Crippen LogP contribution in [-0.2, 0) is 5.41 Å². The Morgan fingerprint density at radius 2 is 2.44 bits per heavy atom. The third kappa shape index (κ3) is 1.58. The summed E-state index contributed by atoms with van der Waals surface area (Å²) in [5.74, 6) is 0. The van der Waals surface area contributed by atoms with Gasteiger partial charge in [-0.3, -0.25) is 0 Å². The quantitative estimate of drug-likeness (QED) is 0.851. The molecule has 1 fully saturated rings. The molecule has 0 spiro atoms. The summed E-state index contributed by atoms with van der Waals surface area (Å²) in [6.45, 7) is 1.05. The summed E-state index contributed by atoms with van der Waals surface area (Å²) < 4.78 is 0. The van der Waals surface area contributed by atoms with Crippen LogP contribution in [0, 0.1) is 0 Å². The molecule has 2 heterocycles. The van der Waals surface area contributed by atoms with E-state index in [1.807, 2.05) is 19.3 Å². The normalized spacial score (nSPS) is 17.6. The van der Waals surface area contributed by atoms with E-state index in [-0.39, 0.29) is 0 Å². The number of thiazole rings is 1. The Bertz CT molecular complexity index is 468. The van der Waals surface area contributed by atoms with Crippen molar-refractivity contribution in [2.75, 3.05) is 13.6 Å². The number of rotatable bonds is 4. The Labute approximate surface area is 98.9 Å². The van der Waals surface area contributed by atoms with Gasteiger partial charge >= 0.3 is 0 Å². The zero-order valence-electron chi connectivity index (χ0n) is 9.29. The highest BCUT2D eigenvalue weighted by Crippen LogP contribution is 2.49. The Balaban J connectivity index is 1.88. The molecule has 16 heavy (non-hydrogen) atoms. The lowest BCUT2D eigenvalue weighted by atomic mass is 10.1. The molecule has 2 N–H and O–H groups in total. The van der Waals surface area contributed by atoms with Gasteiger partial charge in [0.05, 0.1) is 11.4 Å². The zero-order chi connectivity index (χ0) is 11.0. The second-order valence-corrected chi connectivity index (χ2v) is 5.29. The van der Waals surface area contributed by atoms with E-state index in [0.717, 1.165) is 17.9 Å². The minimum absolute atomic E-state index is 0.338. The van der Waals surface area contributed by atoms with E-state index in [2.05, 4.69) is 21.7 Å². The van der Waals surface area contributed by atoms with E-state index in [4.69, 9.17) is 4.98 Å². The maximum Gasteiger partial charge on any atom is 0.101 e. The van der Waals surface area contributed by atoms with Gasteiger partial charge in [-0.05, 0) is 32.0 Å². The summed E-state index contributed by atoms with van der Waals surface area (Å²) in [6, 6.07) is 4.07. The molecule has 1 aliphatic rings. The van der Waals surface area contributed by atoms with Crippen molar-refractivity contribution in [3.63, 3.8) is 0 Å². The predicted octanol–water partition coefficient (Wildman–Crippen LogP) is 2.39. The number of aromatic nitrogens is 2. The Morgan fingerprint density at radius 1 is 1.56 bits per heavy atom. The fraction of sp³-hybridized carbons (Fsp3) is 0.417. The van der Waals surface area contributed by atoms with E-state index in [1.165, 1.54) is 17.8 Å². The molecule has 0 saturated heterocycles. The fourth-order valence-electron chi connectivity index (χ4n) is 2.09. The molecule has 0 radical (unpaired) electrons. The first kappa shape index (κ1) is 10.1. The van der Waals surface area contributed by atoms with Crippen molar-refractivity contribution in [1.82, 2.24) is 15.3 Å². The molecule has 0 bridgehead atoms. The summed E-state index contributed by atoms with van der Waals surface area (Å²) in [7, 11) is 2.01. The van der Waals surface area contributed by atoms with E-state index < -0.39 is 0 Å². The molecular formula is C12H15N3S. The minimum Gasteiger partial charge on any atom is -0.360 e. The third-order valence-electron chi connectivity index (χ3n) is 3.20. The summed E-state index contributed by atoms with van der Waals surface area (Å²) in [5, 5.41) is 6.71. The van der Waals surface area contributed by atoms with Gasteiger partial charge in [-0.1, -0.05) is 0 Å². The van der Waals surface area contributed by atoms with Gasteiger partial charge in [0.2, 0.25) is 0 Å². The monoisotopic (exact) mass is 233 g/mol. The van der Waals surface area contributed by atoms with E-state index in [1.54, 1.807) is 11.3 Å². The number of nitrogens with zero attached hydrogens (tertiary/aromatic N) is 1.